The molecule has 0 atom stereocenters. The second-order valence-corrected chi connectivity index (χ2v) is 11.9. The summed E-state index contributed by atoms with van der Waals surface area (Å²) in [6.45, 7) is 0. The molecule has 0 aromatic carbocycles. The van der Waals surface area contributed by atoms with Gasteiger partial charge in [0, 0.05) is 0 Å². The molecule has 0 spiro atoms. The van der Waals surface area contributed by atoms with Crippen LogP contribution in [0.15, 0.2) is 0 Å². The zero-order valence-corrected chi connectivity index (χ0v) is 13.9. The molecule has 3 heterocycles. The van der Waals surface area contributed by atoms with E-state index >= 15 is 0 Å². The molecule has 1 saturated carbocycles. The maximum atomic E-state index is 11.8. The van der Waals surface area contributed by atoms with Crippen LogP contribution in [0, 0.1) is 0 Å². The van der Waals surface area contributed by atoms with Gasteiger partial charge in [0.15, 0.2) is 0 Å². The number of sulfonamides is 3. The summed E-state index contributed by atoms with van der Waals surface area (Å²) in [6, 6.07) is -2.54. The van der Waals surface area contributed by atoms with E-state index in [1.807, 2.05) is 0 Å². The Labute approximate surface area is 123 Å². The molecule has 0 unspecified atom stereocenters. The van der Waals surface area contributed by atoms with Crippen molar-refractivity contribution in [3.63, 3.8) is 0 Å². The van der Waals surface area contributed by atoms with E-state index in [4.69, 9.17) is 0 Å². The molecule has 120 valence electrons. The third-order valence-electron chi connectivity index (χ3n) is 4.74. The molecule has 1 aliphatic carbocycles. The van der Waals surface area contributed by atoms with Crippen molar-refractivity contribution in [1.29, 1.82) is 0 Å². The van der Waals surface area contributed by atoms with E-state index in [0.29, 0.717) is 0 Å². The van der Waals surface area contributed by atoms with Crippen molar-refractivity contribution in [3.05, 3.63) is 0 Å². The smallest absolute Gasteiger partial charge is 0.211 e. The first kappa shape index (κ1) is 14.3. The fraction of sp³-hybridized carbons (Fsp3) is 1.00. The lowest BCUT2D eigenvalue weighted by atomic mass is 10.0. The number of fused-ring (bicyclic) bond motifs is 6. The van der Waals surface area contributed by atoms with E-state index in [9.17, 15) is 25.3 Å². The van der Waals surface area contributed by atoms with E-state index in [2.05, 4.69) is 0 Å². The minimum atomic E-state index is -3.47. The van der Waals surface area contributed by atoms with E-state index in [0.717, 1.165) is 18.8 Å². The van der Waals surface area contributed by atoms with Crippen molar-refractivity contribution in [2.24, 2.45) is 0 Å². The quantitative estimate of drug-likeness (QED) is 0.499. The van der Waals surface area contributed by atoms with Crippen LogP contribution < -0.4 is 0 Å². The summed E-state index contributed by atoms with van der Waals surface area (Å²) in [7, 11) is -10.4. The highest BCUT2D eigenvalue weighted by Crippen LogP contribution is 2.63. The van der Waals surface area contributed by atoms with Crippen molar-refractivity contribution in [2.75, 3.05) is 18.8 Å². The van der Waals surface area contributed by atoms with Crippen LogP contribution in [-0.2, 0) is 30.1 Å². The summed E-state index contributed by atoms with van der Waals surface area (Å²) in [5.74, 6) is 0. The van der Waals surface area contributed by atoms with Gasteiger partial charge in [-0.2, -0.15) is 12.9 Å². The zero-order chi connectivity index (χ0) is 15.7. The Kier molecular flexibility index (Phi) is 2.36. The van der Waals surface area contributed by atoms with E-state index < -0.39 is 66.3 Å². The first-order valence-electron chi connectivity index (χ1n) is 6.32. The average molecular weight is 357 g/mol. The van der Waals surface area contributed by atoms with Gasteiger partial charge in [-0.1, -0.05) is 0 Å². The minimum Gasteiger partial charge on any atom is -0.212 e. The summed E-state index contributed by atoms with van der Waals surface area (Å²) in [5, 5.41) is 0. The third-order valence-corrected chi connectivity index (χ3v) is 8.50. The van der Waals surface area contributed by atoms with Crippen LogP contribution in [-0.4, -0.2) is 93.2 Å². The third kappa shape index (κ3) is 1.74. The van der Waals surface area contributed by atoms with Crippen LogP contribution in [0.2, 0.25) is 0 Å². The summed E-state index contributed by atoms with van der Waals surface area (Å²) in [6.07, 6.45) is 3.20. The number of nitrogens with zero attached hydrogens (tertiary/aromatic N) is 3. The van der Waals surface area contributed by atoms with Crippen LogP contribution in [0.4, 0.5) is 0 Å². The molecule has 21 heavy (non-hydrogen) atoms. The van der Waals surface area contributed by atoms with Crippen LogP contribution in [0.5, 0.6) is 0 Å². The number of hydrogen-bond acceptors (Lipinski definition) is 6. The van der Waals surface area contributed by atoms with Crippen LogP contribution in [0.25, 0.3) is 0 Å². The van der Waals surface area contributed by atoms with Gasteiger partial charge in [0.1, 0.15) is 0 Å². The first-order valence-corrected chi connectivity index (χ1v) is 11.9. The fourth-order valence-corrected chi connectivity index (χ4v) is 8.17. The van der Waals surface area contributed by atoms with Crippen LogP contribution in [0.3, 0.4) is 0 Å². The lowest BCUT2D eigenvalue weighted by Gasteiger charge is -2.00. The maximum Gasteiger partial charge on any atom is 0.211 e. The van der Waals surface area contributed by atoms with Gasteiger partial charge in [0.25, 0.3) is 0 Å². The van der Waals surface area contributed by atoms with Gasteiger partial charge in [-0.05, 0) is 0 Å². The standard InChI is InChI=1S/C9H15N3O6S3/c1-19(13,14)10-4-5(10)7-9(12(7)21(3,17)18)8-6(4)11(8)20(2,15)16/h4-9H,1-3H3. The lowest BCUT2D eigenvalue weighted by molar-refractivity contribution is 0.530. The van der Waals surface area contributed by atoms with Gasteiger partial charge in [-0.15, -0.1) is 0 Å². The molecular weight excluding hydrogens is 342 g/mol. The molecule has 0 N–H and O–H groups in total. The summed E-state index contributed by atoms with van der Waals surface area (Å²) in [4.78, 5) is 0. The molecule has 3 aliphatic heterocycles. The second kappa shape index (κ2) is 3.46. The Morgan fingerprint density at radius 2 is 0.619 bits per heavy atom. The average Bonchev–Trinajstić information content (AvgIpc) is 3.09. The topological polar surface area (TPSA) is 111 Å². The van der Waals surface area contributed by atoms with Gasteiger partial charge in [-0.25, -0.2) is 25.3 Å². The highest BCUT2D eigenvalue weighted by molar-refractivity contribution is 7.89. The van der Waals surface area contributed by atoms with Crippen molar-refractivity contribution in [2.45, 2.75) is 36.3 Å². The molecule has 0 bridgehead atoms. The molecular formula is C9H15N3O6S3. The Hall–Kier alpha value is -0.270. The largest absolute Gasteiger partial charge is 0.212 e. The van der Waals surface area contributed by atoms with Crippen molar-refractivity contribution >= 4 is 30.1 Å². The predicted octanol–water partition coefficient (Wildman–Crippen LogP) is -2.96. The lowest BCUT2D eigenvalue weighted by Crippen LogP contribution is -2.20. The molecule has 4 aliphatic rings. The van der Waals surface area contributed by atoms with Gasteiger partial charge >= 0.3 is 0 Å². The SMILES string of the molecule is CS(=O)(=O)N1C2C3C(C4C(C21)N4S(C)(=O)=O)N3S(C)(=O)=O. The first-order chi connectivity index (χ1) is 9.37. The highest BCUT2D eigenvalue weighted by atomic mass is 32.2. The number of hydrogen-bond donors (Lipinski definition) is 0. The monoisotopic (exact) mass is 357 g/mol. The van der Waals surface area contributed by atoms with Gasteiger partial charge in [-0.3, -0.25) is 0 Å². The summed E-state index contributed by atoms with van der Waals surface area (Å²) >= 11 is 0. The van der Waals surface area contributed by atoms with E-state index in [1.54, 1.807) is 0 Å². The van der Waals surface area contributed by atoms with Crippen molar-refractivity contribution in [1.82, 2.24) is 12.9 Å². The second-order valence-electron chi connectivity index (χ2n) is 6.22. The van der Waals surface area contributed by atoms with Gasteiger partial charge in [0.2, 0.25) is 30.1 Å². The molecule has 4 rings (SSSR count). The summed E-state index contributed by atoms with van der Waals surface area (Å²) < 4.78 is 74.5. The van der Waals surface area contributed by atoms with E-state index in [1.165, 1.54) is 12.9 Å². The Balaban J connectivity index is 1.76. The van der Waals surface area contributed by atoms with E-state index in [-0.39, 0.29) is 0 Å². The Morgan fingerprint density at radius 1 is 0.476 bits per heavy atom. The normalized spacial score (nSPS) is 54.1. The summed E-state index contributed by atoms with van der Waals surface area (Å²) in [5.41, 5.74) is 0. The molecule has 0 radical (unpaired) electrons. The molecule has 0 amide bonds. The maximum absolute atomic E-state index is 11.8. The molecule has 3 saturated heterocycles. The Bertz CT molecular complexity index is 699. The molecule has 12 heteroatoms. The number of rotatable bonds is 3. The van der Waals surface area contributed by atoms with Gasteiger partial charge in [0.05, 0.1) is 55.0 Å². The minimum absolute atomic E-state index is 0.423. The van der Waals surface area contributed by atoms with Crippen LogP contribution in [0.1, 0.15) is 0 Å². The van der Waals surface area contributed by atoms with Gasteiger partial charge < -0.3 is 0 Å². The molecule has 4 fully saturated rings. The molecule has 0 aromatic heterocycles. The highest BCUT2D eigenvalue weighted by Gasteiger charge is 2.86. The van der Waals surface area contributed by atoms with Crippen LogP contribution >= 0.6 is 0 Å². The molecule has 0 aromatic rings. The van der Waals surface area contributed by atoms with Crippen molar-refractivity contribution < 1.29 is 25.3 Å². The fourth-order valence-electron chi connectivity index (χ4n) is 4.18. The molecule has 9 nitrogen and oxygen atoms in total. The zero-order valence-electron chi connectivity index (χ0n) is 11.5. The predicted molar refractivity (Wildman–Crippen MR) is 72.8 cm³/mol. The van der Waals surface area contributed by atoms with Crippen molar-refractivity contribution in [3.8, 4) is 0 Å². The Morgan fingerprint density at radius 3 is 0.714 bits per heavy atom.